The van der Waals surface area contributed by atoms with Gasteiger partial charge in [-0.1, -0.05) is 20.3 Å². The molecule has 0 unspecified atom stereocenters. The van der Waals surface area contributed by atoms with Gasteiger partial charge in [0.1, 0.15) is 0 Å². The Balaban J connectivity index is 2.65. The molecule has 2 rings (SSSR count). The summed E-state index contributed by atoms with van der Waals surface area (Å²) < 4.78 is 1.73. The Morgan fingerprint density at radius 3 is 2.62 bits per heavy atom. The summed E-state index contributed by atoms with van der Waals surface area (Å²) in [6.45, 7) is 6.10. The van der Waals surface area contributed by atoms with Crippen LogP contribution in [0.3, 0.4) is 0 Å². The lowest BCUT2D eigenvalue weighted by molar-refractivity contribution is 0.828. The molecule has 0 aromatic carbocycles. The summed E-state index contributed by atoms with van der Waals surface area (Å²) in [5.41, 5.74) is 8.64. The molecule has 5 heteroatoms. The predicted molar refractivity (Wildman–Crippen MR) is 63.3 cm³/mol. The number of fused-ring (bicyclic) bond motifs is 1. The minimum atomic E-state index is 0.659. The van der Waals surface area contributed by atoms with E-state index in [0.29, 0.717) is 5.78 Å². The highest BCUT2D eigenvalue weighted by Crippen LogP contribution is 2.17. The normalized spacial score (nSPS) is 11.2. The van der Waals surface area contributed by atoms with E-state index in [0.717, 1.165) is 42.2 Å². The van der Waals surface area contributed by atoms with Gasteiger partial charge in [-0.15, -0.1) is 5.10 Å². The maximum Gasteiger partial charge on any atom is 0.253 e. The zero-order chi connectivity index (χ0) is 11.7. The van der Waals surface area contributed by atoms with Crippen molar-refractivity contribution in [2.45, 2.75) is 40.0 Å². The zero-order valence-corrected chi connectivity index (χ0v) is 9.99. The van der Waals surface area contributed by atoms with E-state index >= 15 is 0 Å². The molecule has 86 valence electrons. The number of nitrogens with two attached hydrogens (primary N) is 1. The molecule has 2 N–H and O–H groups in total. The second-order valence-corrected chi connectivity index (χ2v) is 3.90. The van der Waals surface area contributed by atoms with Crippen molar-refractivity contribution in [3.63, 3.8) is 0 Å². The predicted octanol–water partition coefficient (Wildman–Crippen LogP) is 1.53. The van der Waals surface area contributed by atoms with Crippen molar-refractivity contribution >= 4 is 11.5 Å². The fraction of sp³-hybridized carbons (Fsp3) is 0.545. The van der Waals surface area contributed by atoms with E-state index in [1.165, 1.54) is 0 Å². The van der Waals surface area contributed by atoms with Gasteiger partial charge in [0, 0.05) is 6.42 Å². The van der Waals surface area contributed by atoms with Crippen molar-refractivity contribution in [2.75, 3.05) is 5.73 Å². The van der Waals surface area contributed by atoms with E-state index in [-0.39, 0.29) is 0 Å². The Morgan fingerprint density at radius 1 is 1.25 bits per heavy atom. The van der Waals surface area contributed by atoms with Crippen molar-refractivity contribution in [2.24, 2.45) is 0 Å². The maximum atomic E-state index is 6.03. The third-order valence-electron chi connectivity index (χ3n) is 2.69. The molecule has 2 aromatic rings. The standard InChI is InChI=1S/C11H17N5/c1-4-6-8-10(12)7(3)16-11(13-8)14-9(5-2)15-16/h4-6,12H2,1-3H3. The summed E-state index contributed by atoms with van der Waals surface area (Å²) in [5.74, 6) is 1.47. The number of anilines is 1. The fourth-order valence-electron chi connectivity index (χ4n) is 1.72. The Bertz CT molecular complexity index is 515. The Morgan fingerprint density at radius 2 is 2.00 bits per heavy atom. The number of aromatic nitrogens is 4. The first-order chi connectivity index (χ1) is 7.67. The number of aryl methyl sites for hydroxylation is 3. The molecular formula is C11H17N5. The van der Waals surface area contributed by atoms with Crippen molar-refractivity contribution in [3.8, 4) is 0 Å². The third kappa shape index (κ3) is 1.62. The van der Waals surface area contributed by atoms with E-state index in [1.807, 2.05) is 13.8 Å². The van der Waals surface area contributed by atoms with Gasteiger partial charge >= 0.3 is 0 Å². The molecule has 5 nitrogen and oxygen atoms in total. The first kappa shape index (κ1) is 10.9. The van der Waals surface area contributed by atoms with Gasteiger partial charge in [0.25, 0.3) is 5.78 Å². The van der Waals surface area contributed by atoms with Gasteiger partial charge in [0.05, 0.1) is 17.1 Å². The van der Waals surface area contributed by atoms with Gasteiger partial charge in [-0.2, -0.15) is 9.50 Å². The molecule has 0 atom stereocenters. The molecule has 0 saturated heterocycles. The van der Waals surface area contributed by atoms with E-state index in [1.54, 1.807) is 4.52 Å². The van der Waals surface area contributed by atoms with E-state index in [2.05, 4.69) is 22.0 Å². The minimum absolute atomic E-state index is 0.659. The Labute approximate surface area is 94.7 Å². The van der Waals surface area contributed by atoms with Crippen LogP contribution in [0, 0.1) is 6.92 Å². The highest BCUT2D eigenvalue weighted by atomic mass is 15.3. The first-order valence-electron chi connectivity index (χ1n) is 5.68. The molecule has 0 aliphatic heterocycles. The molecule has 0 fully saturated rings. The smallest absolute Gasteiger partial charge is 0.253 e. The van der Waals surface area contributed by atoms with Gasteiger partial charge in [0.2, 0.25) is 0 Å². The first-order valence-corrected chi connectivity index (χ1v) is 5.68. The van der Waals surface area contributed by atoms with Crippen molar-refractivity contribution < 1.29 is 0 Å². The number of hydrogen-bond donors (Lipinski definition) is 1. The molecule has 0 aliphatic carbocycles. The summed E-state index contributed by atoms with van der Waals surface area (Å²) in [7, 11) is 0. The van der Waals surface area contributed by atoms with E-state index < -0.39 is 0 Å². The second-order valence-electron chi connectivity index (χ2n) is 3.90. The van der Waals surface area contributed by atoms with Crippen LogP contribution in [0.4, 0.5) is 5.69 Å². The van der Waals surface area contributed by atoms with Crippen LogP contribution in [-0.2, 0) is 12.8 Å². The van der Waals surface area contributed by atoms with Gasteiger partial charge in [-0.05, 0) is 13.3 Å². The summed E-state index contributed by atoms with van der Waals surface area (Å²) in [6, 6.07) is 0. The topological polar surface area (TPSA) is 69.1 Å². The van der Waals surface area contributed by atoms with Crippen LogP contribution in [0.25, 0.3) is 5.78 Å². The molecule has 16 heavy (non-hydrogen) atoms. The zero-order valence-electron chi connectivity index (χ0n) is 9.99. The highest BCUT2D eigenvalue weighted by Gasteiger charge is 2.12. The van der Waals surface area contributed by atoms with Crippen LogP contribution in [0.2, 0.25) is 0 Å². The largest absolute Gasteiger partial charge is 0.396 e. The number of rotatable bonds is 3. The molecule has 0 aliphatic rings. The third-order valence-corrected chi connectivity index (χ3v) is 2.69. The van der Waals surface area contributed by atoms with E-state index in [9.17, 15) is 0 Å². The number of nitrogens with zero attached hydrogens (tertiary/aromatic N) is 4. The molecule has 2 heterocycles. The number of hydrogen-bond acceptors (Lipinski definition) is 4. The quantitative estimate of drug-likeness (QED) is 0.850. The Hall–Kier alpha value is -1.65. The van der Waals surface area contributed by atoms with Gasteiger partial charge in [-0.25, -0.2) is 4.98 Å². The Kier molecular flexibility index (Phi) is 2.77. The molecule has 0 spiro atoms. The molecule has 0 radical (unpaired) electrons. The van der Waals surface area contributed by atoms with Crippen molar-refractivity contribution in [1.82, 2.24) is 19.6 Å². The lowest BCUT2D eigenvalue weighted by atomic mass is 10.2. The SMILES string of the molecule is CCCc1nc2nc(CC)nn2c(C)c1N. The van der Waals surface area contributed by atoms with Gasteiger partial charge in [-0.3, -0.25) is 0 Å². The van der Waals surface area contributed by atoms with Crippen molar-refractivity contribution in [3.05, 3.63) is 17.2 Å². The van der Waals surface area contributed by atoms with Gasteiger partial charge in [0.15, 0.2) is 5.82 Å². The average molecular weight is 219 g/mol. The lowest BCUT2D eigenvalue weighted by Crippen LogP contribution is -2.07. The fourth-order valence-corrected chi connectivity index (χ4v) is 1.72. The van der Waals surface area contributed by atoms with Crippen LogP contribution in [0.5, 0.6) is 0 Å². The molecular weight excluding hydrogens is 202 g/mol. The van der Waals surface area contributed by atoms with Crippen LogP contribution >= 0.6 is 0 Å². The number of nitrogen functional groups attached to an aromatic ring is 1. The molecule has 0 bridgehead atoms. The van der Waals surface area contributed by atoms with Crippen LogP contribution < -0.4 is 5.73 Å². The van der Waals surface area contributed by atoms with Crippen LogP contribution in [0.15, 0.2) is 0 Å². The van der Waals surface area contributed by atoms with Crippen LogP contribution in [-0.4, -0.2) is 19.6 Å². The summed E-state index contributed by atoms with van der Waals surface area (Å²) in [4.78, 5) is 8.82. The second kappa shape index (κ2) is 4.08. The molecule has 0 amide bonds. The lowest BCUT2D eigenvalue weighted by Gasteiger charge is -2.07. The maximum absolute atomic E-state index is 6.03. The average Bonchev–Trinajstić information content (AvgIpc) is 2.69. The minimum Gasteiger partial charge on any atom is -0.396 e. The summed E-state index contributed by atoms with van der Waals surface area (Å²) in [6.07, 6.45) is 2.73. The summed E-state index contributed by atoms with van der Waals surface area (Å²) in [5, 5.41) is 4.36. The molecule has 0 saturated carbocycles. The molecule has 2 aromatic heterocycles. The summed E-state index contributed by atoms with van der Waals surface area (Å²) >= 11 is 0. The van der Waals surface area contributed by atoms with Crippen molar-refractivity contribution in [1.29, 1.82) is 0 Å². The highest BCUT2D eigenvalue weighted by molar-refractivity contribution is 5.51. The van der Waals surface area contributed by atoms with E-state index in [4.69, 9.17) is 5.73 Å². The van der Waals surface area contributed by atoms with Gasteiger partial charge < -0.3 is 5.73 Å². The van der Waals surface area contributed by atoms with Crippen LogP contribution in [0.1, 0.15) is 37.5 Å². The monoisotopic (exact) mass is 219 g/mol.